The minimum Gasteiger partial charge on any atom is -0.497 e. The van der Waals surface area contributed by atoms with Crippen LogP contribution in [0.5, 0.6) is 5.75 Å². The Labute approximate surface area is 120 Å². The van der Waals surface area contributed by atoms with Crippen molar-refractivity contribution in [3.05, 3.63) is 48.0 Å². The van der Waals surface area contributed by atoms with Crippen LogP contribution >= 0.6 is 0 Å². The van der Waals surface area contributed by atoms with Gasteiger partial charge in [-0.2, -0.15) is 0 Å². The van der Waals surface area contributed by atoms with Crippen LogP contribution in [0.4, 0.5) is 17.1 Å². The number of hydrogen-bond acceptors (Lipinski definition) is 3. The molecule has 0 saturated carbocycles. The lowest BCUT2D eigenvalue weighted by molar-refractivity contribution is 0.415. The summed E-state index contributed by atoms with van der Waals surface area (Å²) in [5.41, 5.74) is 5.08. The summed E-state index contributed by atoms with van der Waals surface area (Å²) in [5, 5.41) is 3.48. The summed E-state index contributed by atoms with van der Waals surface area (Å²) in [7, 11) is 3.81. The molecule has 2 aromatic rings. The number of fused-ring (bicyclic) bond motifs is 1. The lowest BCUT2D eigenvalue weighted by Gasteiger charge is -2.27. The van der Waals surface area contributed by atoms with Crippen LogP contribution in [0.2, 0.25) is 0 Å². The van der Waals surface area contributed by atoms with Crippen molar-refractivity contribution in [1.29, 1.82) is 0 Å². The van der Waals surface area contributed by atoms with Gasteiger partial charge >= 0.3 is 0 Å². The van der Waals surface area contributed by atoms with Crippen molar-refractivity contribution < 1.29 is 4.74 Å². The van der Waals surface area contributed by atoms with E-state index in [-0.39, 0.29) is 0 Å². The maximum atomic E-state index is 5.31. The molecule has 0 radical (unpaired) electrons. The second-order valence-corrected chi connectivity index (χ2v) is 5.09. The third-order valence-electron chi connectivity index (χ3n) is 3.87. The van der Waals surface area contributed by atoms with Crippen LogP contribution in [0.1, 0.15) is 12.0 Å². The van der Waals surface area contributed by atoms with Crippen molar-refractivity contribution in [3.63, 3.8) is 0 Å². The molecule has 3 nitrogen and oxygen atoms in total. The largest absolute Gasteiger partial charge is 0.497 e. The molecule has 2 aromatic carbocycles. The number of hydrogen-bond donors (Lipinski definition) is 1. The lowest BCUT2D eigenvalue weighted by atomic mass is 10.0. The van der Waals surface area contributed by atoms with Gasteiger partial charge in [0.2, 0.25) is 0 Å². The highest BCUT2D eigenvalue weighted by molar-refractivity contribution is 5.73. The van der Waals surface area contributed by atoms with Gasteiger partial charge in [-0.3, -0.25) is 0 Å². The summed E-state index contributed by atoms with van der Waals surface area (Å²) in [5.74, 6) is 0.886. The van der Waals surface area contributed by atoms with Gasteiger partial charge in [0.1, 0.15) is 5.75 Å². The molecular formula is C17H20N2O. The van der Waals surface area contributed by atoms with E-state index in [1.165, 1.54) is 23.4 Å². The minimum absolute atomic E-state index is 0.886. The Morgan fingerprint density at radius 1 is 1.15 bits per heavy atom. The molecule has 3 rings (SSSR count). The van der Waals surface area contributed by atoms with E-state index in [9.17, 15) is 0 Å². The lowest BCUT2D eigenvalue weighted by Crippen LogP contribution is -2.17. The first kappa shape index (κ1) is 12.9. The number of benzene rings is 2. The van der Waals surface area contributed by atoms with Crippen molar-refractivity contribution in [2.24, 2.45) is 0 Å². The average Bonchev–Trinajstić information content (AvgIpc) is 2.53. The van der Waals surface area contributed by atoms with E-state index in [1.807, 2.05) is 12.1 Å². The molecule has 0 saturated heterocycles. The smallest absolute Gasteiger partial charge is 0.120 e. The summed E-state index contributed by atoms with van der Waals surface area (Å²) in [6.07, 6.45) is 2.32. The molecule has 0 bridgehead atoms. The Bertz CT molecular complexity index is 610. The van der Waals surface area contributed by atoms with Crippen LogP contribution in [0, 0.1) is 0 Å². The summed E-state index contributed by atoms with van der Waals surface area (Å²) >= 11 is 0. The quantitative estimate of drug-likeness (QED) is 0.915. The van der Waals surface area contributed by atoms with Crippen LogP contribution in [0.3, 0.4) is 0 Å². The fraction of sp³-hybridized carbons (Fsp3) is 0.294. The zero-order valence-corrected chi connectivity index (χ0v) is 12.0. The molecule has 0 aliphatic carbocycles. The zero-order valence-electron chi connectivity index (χ0n) is 12.0. The Morgan fingerprint density at radius 2 is 2.00 bits per heavy atom. The molecule has 1 N–H and O–H groups in total. The van der Waals surface area contributed by atoms with Gasteiger partial charge in [-0.15, -0.1) is 0 Å². The highest BCUT2D eigenvalue weighted by Gasteiger charge is 2.15. The van der Waals surface area contributed by atoms with E-state index in [2.05, 4.69) is 47.6 Å². The van der Waals surface area contributed by atoms with Crippen molar-refractivity contribution in [2.75, 3.05) is 30.9 Å². The first-order valence-corrected chi connectivity index (χ1v) is 7.03. The molecule has 0 amide bonds. The van der Waals surface area contributed by atoms with Crippen LogP contribution < -0.4 is 15.0 Å². The van der Waals surface area contributed by atoms with E-state index in [4.69, 9.17) is 4.74 Å². The standard InChI is InChI=1S/C17H20N2O/c1-19(13-6-3-7-14(12-13)20-2)17-10-4-9-16-15(17)8-5-11-18-16/h3-4,6-7,9-10,12,18H,5,8,11H2,1-2H3. The van der Waals surface area contributed by atoms with Crippen LogP contribution in [0.15, 0.2) is 42.5 Å². The van der Waals surface area contributed by atoms with E-state index in [1.54, 1.807) is 7.11 Å². The number of nitrogens with zero attached hydrogens (tertiary/aromatic N) is 1. The fourth-order valence-corrected chi connectivity index (χ4v) is 2.76. The molecule has 3 heteroatoms. The summed E-state index contributed by atoms with van der Waals surface area (Å²) in [6.45, 7) is 1.07. The second-order valence-electron chi connectivity index (χ2n) is 5.09. The van der Waals surface area contributed by atoms with Gasteiger partial charge in [0.25, 0.3) is 0 Å². The molecule has 1 aliphatic rings. The topological polar surface area (TPSA) is 24.5 Å². The van der Waals surface area contributed by atoms with Gasteiger partial charge in [-0.1, -0.05) is 12.1 Å². The van der Waals surface area contributed by atoms with Gasteiger partial charge in [0.05, 0.1) is 7.11 Å². The molecule has 0 spiro atoms. The first-order valence-electron chi connectivity index (χ1n) is 7.03. The van der Waals surface area contributed by atoms with Gasteiger partial charge in [0.15, 0.2) is 0 Å². The fourth-order valence-electron chi connectivity index (χ4n) is 2.76. The van der Waals surface area contributed by atoms with E-state index >= 15 is 0 Å². The number of rotatable bonds is 3. The Morgan fingerprint density at radius 3 is 2.85 bits per heavy atom. The third-order valence-corrected chi connectivity index (χ3v) is 3.87. The minimum atomic E-state index is 0.886. The highest BCUT2D eigenvalue weighted by atomic mass is 16.5. The van der Waals surface area contributed by atoms with Crippen molar-refractivity contribution in [1.82, 2.24) is 0 Å². The number of anilines is 3. The van der Waals surface area contributed by atoms with E-state index < -0.39 is 0 Å². The van der Waals surface area contributed by atoms with Crippen molar-refractivity contribution >= 4 is 17.1 Å². The number of nitrogens with one attached hydrogen (secondary N) is 1. The molecule has 0 aromatic heterocycles. The second kappa shape index (κ2) is 5.45. The van der Waals surface area contributed by atoms with E-state index in [0.717, 1.165) is 24.4 Å². The molecule has 1 heterocycles. The van der Waals surface area contributed by atoms with Gasteiger partial charge in [-0.25, -0.2) is 0 Å². The highest BCUT2D eigenvalue weighted by Crippen LogP contribution is 2.35. The monoisotopic (exact) mass is 268 g/mol. The van der Waals surface area contributed by atoms with Crippen LogP contribution in [0.25, 0.3) is 0 Å². The molecular weight excluding hydrogens is 248 g/mol. The SMILES string of the molecule is COc1cccc(N(C)c2cccc3c2CCCN3)c1. The Balaban J connectivity index is 1.99. The molecule has 0 unspecified atom stereocenters. The molecule has 0 fully saturated rings. The predicted molar refractivity (Wildman–Crippen MR) is 84.3 cm³/mol. The zero-order chi connectivity index (χ0) is 13.9. The normalized spacial score (nSPS) is 13.3. The number of ether oxygens (including phenoxy) is 1. The third kappa shape index (κ3) is 2.31. The Kier molecular flexibility index (Phi) is 3.50. The summed E-state index contributed by atoms with van der Waals surface area (Å²) < 4.78 is 5.31. The van der Waals surface area contributed by atoms with Gasteiger partial charge in [-0.05, 0) is 42.7 Å². The van der Waals surface area contributed by atoms with Gasteiger partial charge < -0.3 is 15.0 Å². The molecule has 20 heavy (non-hydrogen) atoms. The van der Waals surface area contributed by atoms with Crippen LogP contribution in [-0.4, -0.2) is 20.7 Å². The van der Waals surface area contributed by atoms with Crippen molar-refractivity contribution in [3.8, 4) is 5.75 Å². The maximum absolute atomic E-state index is 5.31. The first-order chi connectivity index (χ1) is 9.79. The average molecular weight is 268 g/mol. The number of methoxy groups -OCH3 is 1. The summed E-state index contributed by atoms with van der Waals surface area (Å²) in [6, 6.07) is 14.6. The predicted octanol–water partition coefficient (Wildman–Crippen LogP) is 3.82. The molecule has 104 valence electrons. The van der Waals surface area contributed by atoms with Crippen LogP contribution in [-0.2, 0) is 6.42 Å². The molecule has 0 atom stereocenters. The Hall–Kier alpha value is -2.16. The van der Waals surface area contributed by atoms with Crippen molar-refractivity contribution in [2.45, 2.75) is 12.8 Å². The van der Waals surface area contributed by atoms with Gasteiger partial charge in [0, 0.05) is 36.7 Å². The molecule has 1 aliphatic heterocycles. The summed E-state index contributed by atoms with van der Waals surface area (Å²) in [4.78, 5) is 2.23. The van der Waals surface area contributed by atoms with E-state index in [0.29, 0.717) is 0 Å². The maximum Gasteiger partial charge on any atom is 0.120 e.